The number of hydrogen-bond acceptors (Lipinski definition) is 3. The normalized spacial score (nSPS) is 11.7. The van der Waals surface area contributed by atoms with Gasteiger partial charge in [0.25, 0.3) is 5.91 Å². The van der Waals surface area contributed by atoms with E-state index in [-0.39, 0.29) is 25.0 Å². The van der Waals surface area contributed by atoms with Crippen LogP contribution in [0.25, 0.3) is 0 Å². The van der Waals surface area contributed by atoms with E-state index in [1.54, 1.807) is 19.1 Å². The number of nitrogens with zero attached hydrogens (tertiary/aromatic N) is 1. The van der Waals surface area contributed by atoms with Crippen molar-refractivity contribution in [2.24, 2.45) is 0 Å². The molecule has 1 N–H and O–H groups in total. The Hall–Kier alpha value is -2.05. The number of nitrogens with one attached hydrogen (secondary N) is 1. The smallest absolute Gasteiger partial charge is 0.261 e. The standard InChI is InChI=1S/C22H26BrClN2O3/c1-5-25-22(28)16(4)26(12-17-7-6-8-18(24)11-17)20(27)13-29-19-9-14(2)21(23)15(3)10-19/h6-11,16H,5,12-13H2,1-4H3,(H,25,28). The molecule has 0 spiro atoms. The zero-order valence-electron chi connectivity index (χ0n) is 17.1. The lowest BCUT2D eigenvalue weighted by Gasteiger charge is -2.28. The van der Waals surface area contributed by atoms with Crippen LogP contribution in [0.15, 0.2) is 40.9 Å². The SMILES string of the molecule is CCNC(=O)C(C)N(Cc1cccc(Cl)c1)C(=O)COc1cc(C)c(Br)c(C)c1. The minimum Gasteiger partial charge on any atom is -0.484 e. The van der Waals surface area contributed by atoms with Crippen LogP contribution in [-0.4, -0.2) is 35.9 Å². The number of halogens is 2. The maximum absolute atomic E-state index is 13.0. The van der Waals surface area contributed by atoms with Crippen LogP contribution in [0.3, 0.4) is 0 Å². The van der Waals surface area contributed by atoms with Gasteiger partial charge in [-0.1, -0.05) is 39.7 Å². The molecule has 29 heavy (non-hydrogen) atoms. The summed E-state index contributed by atoms with van der Waals surface area (Å²) >= 11 is 9.60. The molecule has 2 rings (SSSR count). The molecule has 1 unspecified atom stereocenters. The van der Waals surface area contributed by atoms with Crippen LogP contribution in [-0.2, 0) is 16.1 Å². The van der Waals surface area contributed by atoms with Gasteiger partial charge in [-0.15, -0.1) is 0 Å². The van der Waals surface area contributed by atoms with Gasteiger partial charge in [0.15, 0.2) is 6.61 Å². The third-order valence-corrected chi connectivity index (χ3v) is 6.02. The van der Waals surface area contributed by atoms with Crippen LogP contribution in [0.4, 0.5) is 0 Å². The van der Waals surface area contributed by atoms with Crippen LogP contribution in [0.5, 0.6) is 5.75 Å². The number of carbonyl (C=O) groups excluding carboxylic acids is 2. The predicted molar refractivity (Wildman–Crippen MR) is 119 cm³/mol. The Balaban J connectivity index is 2.18. The Morgan fingerprint density at radius 3 is 2.45 bits per heavy atom. The molecule has 0 radical (unpaired) electrons. The molecule has 2 aromatic rings. The first-order chi connectivity index (χ1) is 13.7. The van der Waals surface area contributed by atoms with Gasteiger partial charge in [-0.25, -0.2) is 0 Å². The summed E-state index contributed by atoms with van der Waals surface area (Å²) in [5.74, 6) is 0.130. The minimum absolute atomic E-state index is 0.162. The van der Waals surface area contributed by atoms with Gasteiger partial charge in [-0.3, -0.25) is 9.59 Å². The van der Waals surface area contributed by atoms with Gasteiger partial charge in [0.05, 0.1) is 0 Å². The highest BCUT2D eigenvalue weighted by atomic mass is 79.9. The van der Waals surface area contributed by atoms with E-state index >= 15 is 0 Å². The molecule has 2 aromatic carbocycles. The molecule has 0 aromatic heterocycles. The van der Waals surface area contributed by atoms with Gasteiger partial charge >= 0.3 is 0 Å². The summed E-state index contributed by atoms with van der Waals surface area (Å²) in [6.45, 7) is 8.08. The van der Waals surface area contributed by atoms with Gasteiger partial charge in [0.1, 0.15) is 11.8 Å². The van der Waals surface area contributed by atoms with E-state index < -0.39 is 6.04 Å². The van der Waals surface area contributed by atoms with Gasteiger partial charge in [0.2, 0.25) is 5.91 Å². The Bertz CT molecular complexity index is 865. The van der Waals surface area contributed by atoms with Gasteiger partial charge < -0.3 is 15.0 Å². The average molecular weight is 482 g/mol. The first-order valence-electron chi connectivity index (χ1n) is 9.44. The Morgan fingerprint density at radius 1 is 1.21 bits per heavy atom. The van der Waals surface area contributed by atoms with Crippen molar-refractivity contribution >= 4 is 39.3 Å². The highest BCUT2D eigenvalue weighted by Crippen LogP contribution is 2.26. The molecule has 0 aliphatic carbocycles. The molecule has 0 saturated carbocycles. The molecule has 0 heterocycles. The Labute approximate surface area is 185 Å². The topological polar surface area (TPSA) is 58.6 Å². The quantitative estimate of drug-likeness (QED) is 0.597. The van der Waals surface area contributed by atoms with E-state index in [1.807, 2.05) is 45.0 Å². The summed E-state index contributed by atoms with van der Waals surface area (Å²) in [4.78, 5) is 26.9. The summed E-state index contributed by atoms with van der Waals surface area (Å²) in [6, 6.07) is 10.4. The van der Waals surface area contributed by atoms with Crippen LogP contribution in [0, 0.1) is 13.8 Å². The third kappa shape index (κ3) is 6.47. The number of rotatable bonds is 8. The minimum atomic E-state index is -0.640. The second kappa shape index (κ2) is 10.6. The van der Waals surface area contributed by atoms with Crippen molar-refractivity contribution < 1.29 is 14.3 Å². The number of benzene rings is 2. The monoisotopic (exact) mass is 480 g/mol. The first-order valence-corrected chi connectivity index (χ1v) is 10.6. The highest BCUT2D eigenvalue weighted by Gasteiger charge is 2.26. The van der Waals surface area contributed by atoms with E-state index in [2.05, 4.69) is 21.2 Å². The van der Waals surface area contributed by atoms with E-state index in [0.29, 0.717) is 17.3 Å². The van der Waals surface area contributed by atoms with Crippen molar-refractivity contribution in [3.8, 4) is 5.75 Å². The summed E-state index contributed by atoms with van der Waals surface area (Å²) in [5, 5.41) is 3.35. The maximum atomic E-state index is 13.0. The molecular formula is C22H26BrClN2O3. The van der Waals surface area contributed by atoms with E-state index in [4.69, 9.17) is 16.3 Å². The molecule has 0 aliphatic rings. The number of hydrogen-bond donors (Lipinski definition) is 1. The van der Waals surface area contributed by atoms with Crippen molar-refractivity contribution in [1.29, 1.82) is 0 Å². The summed E-state index contributed by atoms with van der Waals surface area (Å²) in [5.41, 5.74) is 2.90. The van der Waals surface area contributed by atoms with Crippen molar-refractivity contribution in [2.75, 3.05) is 13.2 Å². The molecule has 0 fully saturated rings. The van der Waals surface area contributed by atoms with Crippen molar-refractivity contribution in [3.05, 3.63) is 62.6 Å². The highest BCUT2D eigenvalue weighted by molar-refractivity contribution is 9.10. The molecule has 0 saturated heterocycles. The lowest BCUT2D eigenvalue weighted by Crippen LogP contribution is -2.49. The predicted octanol–water partition coefficient (Wildman–Crippen LogP) is 4.65. The zero-order chi connectivity index (χ0) is 21.6. The second-order valence-electron chi connectivity index (χ2n) is 6.88. The molecule has 2 amide bonds. The summed E-state index contributed by atoms with van der Waals surface area (Å²) in [6.07, 6.45) is 0. The van der Waals surface area contributed by atoms with E-state index in [0.717, 1.165) is 21.2 Å². The van der Waals surface area contributed by atoms with Crippen molar-refractivity contribution in [3.63, 3.8) is 0 Å². The Kier molecular flexibility index (Phi) is 8.53. The van der Waals surface area contributed by atoms with Crippen LogP contribution in [0.2, 0.25) is 5.02 Å². The van der Waals surface area contributed by atoms with Crippen molar-refractivity contribution in [2.45, 2.75) is 40.3 Å². The van der Waals surface area contributed by atoms with Crippen molar-refractivity contribution in [1.82, 2.24) is 10.2 Å². The summed E-state index contributed by atoms with van der Waals surface area (Å²) < 4.78 is 6.76. The lowest BCUT2D eigenvalue weighted by atomic mass is 10.1. The molecule has 1 atom stereocenters. The molecule has 5 nitrogen and oxygen atoms in total. The third-order valence-electron chi connectivity index (χ3n) is 4.53. The molecule has 0 aliphatic heterocycles. The number of likely N-dealkylation sites (N-methyl/N-ethyl adjacent to an activating group) is 1. The largest absolute Gasteiger partial charge is 0.484 e. The van der Waals surface area contributed by atoms with E-state index in [1.165, 1.54) is 4.90 Å². The first kappa shape index (κ1) is 23.2. The number of ether oxygens (including phenoxy) is 1. The fourth-order valence-corrected chi connectivity index (χ4v) is 3.40. The maximum Gasteiger partial charge on any atom is 0.261 e. The summed E-state index contributed by atoms with van der Waals surface area (Å²) in [7, 11) is 0. The van der Waals surface area contributed by atoms with Gasteiger partial charge in [-0.05, 0) is 68.7 Å². The van der Waals surface area contributed by atoms with E-state index in [9.17, 15) is 9.59 Å². The average Bonchev–Trinajstić information content (AvgIpc) is 2.68. The Morgan fingerprint density at radius 2 is 1.86 bits per heavy atom. The van der Waals surface area contributed by atoms with Crippen LogP contribution >= 0.6 is 27.5 Å². The number of aryl methyl sites for hydroxylation is 2. The molecular weight excluding hydrogens is 456 g/mol. The number of carbonyl (C=O) groups is 2. The van der Waals surface area contributed by atoms with Gasteiger partial charge in [0, 0.05) is 22.6 Å². The van der Waals surface area contributed by atoms with Crippen LogP contribution < -0.4 is 10.1 Å². The fraction of sp³-hybridized carbons (Fsp3) is 0.364. The lowest BCUT2D eigenvalue weighted by molar-refractivity contribution is -0.142. The zero-order valence-corrected chi connectivity index (χ0v) is 19.4. The molecule has 0 bridgehead atoms. The number of amides is 2. The van der Waals surface area contributed by atoms with Gasteiger partial charge in [-0.2, -0.15) is 0 Å². The molecule has 7 heteroatoms. The van der Waals surface area contributed by atoms with Crippen LogP contribution in [0.1, 0.15) is 30.5 Å². The second-order valence-corrected chi connectivity index (χ2v) is 8.11. The molecule has 156 valence electrons. The fourth-order valence-electron chi connectivity index (χ4n) is 2.95.